The molecule has 0 aliphatic heterocycles. The number of aromatic nitrogens is 2. The predicted octanol–water partition coefficient (Wildman–Crippen LogP) is 3.68. The predicted molar refractivity (Wildman–Crippen MR) is 75.9 cm³/mol. The van der Waals surface area contributed by atoms with Gasteiger partial charge in [-0.25, -0.2) is 4.98 Å². The van der Waals surface area contributed by atoms with Crippen molar-refractivity contribution in [1.29, 1.82) is 0 Å². The lowest BCUT2D eigenvalue weighted by atomic mass is 10.1. The number of ether oxygens (including phenoxy) is 1. The first-order valence-corrected chi connectivity index (χ1v) is 6.19. The molecule has 0 bridgehead atoms. The Labute approximate surface area is 116 Å². The van der Waals surface area contributed by atoms with Gasteiger partial charge in [-0.2, -0.15) is 0 Å². The van der Waals surface area contributed by atoms with Gasteiger partial charge in [-0.15, -0.1) is 0 Å². The maximum Gasteiger partial charge on any atom is 0.168 e. The number of hydrogen-bond donors (Lipinski definition) is 1. The van der Waals surface area contributed by atoms with Crippen molar-refractivity contribution in [3.05, 3.63) is 66.6 Å². The van der Waals surface area contributed by atoms with Crippen LogP contribution in [0.3, 0.4) is 0 Å². The lowest BCUT2D eigenvalue weighted by molar-refractivity contribution is 0.112. The summed E-state index contributed by atoms with van der Waals surface area (Å²) in [4.78, 5) is 17.8. The van der Waals surface area contributed by atoms with Gasteiger partial charge in [0.1, 0.15) is 17.2 Å². The number of nitrogens with one attached hydrogen (secondary N) is 1. The second-order valence-electron chi connectivity index (χ2n) is 4.22. The number of H-pyrrole nitrogens is 1. The Morgan fingerprint density at radius 1 is 0.950 bits per heavy atom. The number of imidazole rings is 1. The van der Waals surface area contributed by atoms with E-state index in [4.69, 9.17) is 4.74 Å². The first-order valence-electron chi connectivity index (χ1n) is 6.19. The van der Waals surface area contributed by atoms with Crippen molar-refractivity contribution in [2.24, 2.45) is 0 Å². The zero-order valence-corrected chi connectivity index (χ0v) is 10.6. The molecule has 0 amide bonds. The highest BCUT2D eigenvalue weighted by Crippen LogP contribution is 2.25. The molecule has 1 heterocycles. The Kier molecular flexibility index (Phi) is 3.29. The molecule has 0 unspecified atom stereocenters. The van der Waals surface area contributed by atoms with Crippen LogP contribution in [0.4, 0.5) is 0 Å². The van der Waals surface area contributed by atoms with E-state index in [0.717, 1.165) is 23.3 Å². The molecule has 1 aromatic heterocycles. The van der Waals surface area contributed by atoms with Gasteiger partial charge in [-0.1, -0.05) is 18.2 Å². The molecule has 0 fully saturated rings. The molecule has 0 radical (unpaired) electrons. The van der Waals surface area contributed by atoms with Crippen LogP contribution >= 0.6 is 0 Å². The number of hydrogen-bond acceptors (Lipinski definition) is 3. The fourth-order valence-electron chi connectivity index (χ4n) is 1.93. The van der Waals surface area contributed by atoms with Crippen LogP contribution < -0.4 is 4.74 Å². The van der Waals surface area contributed by atoms with Gasteiger partial charge >= 0.3 is 0 Å². The van der Waals surface area contributed by atoms with E-state index in [-0.39, 0.29) is 0 Å². The maximum absolute atomic E-state index is 10.9. The molecule has 0 saturated heterocycles. The summed E-state index contributed by atoms with van der Waals surface area (Å²) in [5.74, 6) is 1.52. The quantitative estimate of drug-likeness (QED) is 0.731. The zero-order valence-electron chi connectivity index (χ0n) is 10.6. The zero-order chi connectivity index (χ0) is 13.8. The van der Waals surface area contributed by atoms with E-state index in [1.807, 2.05) is 54.6 Å². The summed E-state index contributed by atoms with van der Waals surface area (Å²) in [6.07, 6.45) is 2.27. The smallest absolute Gasteiger partial charge is 0.168 e. The molecule has 2 aromatic carbocycles. The van der Waals surface area contributed by atoms with Crippen LogP contribution in [0.1, 0.15) is 10.5 Å². The normalized spacial score (nSPS) is 10.2. The Morgan fingerprint density at radius 2 is 1.65 bits per heavy atom. The molecule has 0 atom stereocenters. The van der Waals surface area contributed by atoms with Gasteiger partial charge in [0.15, 0.2) is 6.29 Å². The molecule has 3 rings (SSSR count). The van der Waals surface area contributed by atoms with Crippen LogP contribution in [-0.2, 0) is 0 Å². The minimum absolute atomic E-state index is 0.474. The van der Waals surface area contributed by atoms with Gasteiger partial charge in [0.05, 0.1) is 12.0 Å². The van der Waals surface area contributed by atoms with Crippen LogP contribution in [0.25, 0.3) is 11.3 Å². The number of para-hydroxylation sites is 1. The molecular formula is C16H12N2O2. The van der Waals surface area contributed by atoms with Gasteiger partial charge in [0.2, 0.25) is 0 Å². The van der Waals surface area contributed by atoms with Crippen LogP contribution in [-0.4, -0.2) is 16.3 Å². The first-order chi connectivity index (χ1) is 9.86. The Bertz CT molecular complexity index is 703. The van der Waals surface area contributed by atoms with Crippen LogP contribution in [0.5, 0.6) is 11.5 Å². The molecule has 0 aliphatic carbocycles. The molecule has 4 nitrogen and oxygen atoms in total. The van der Waals surface area contributed by atoms with Crippen LogP contribution in [0.2, 0.25) is 0 Å². The fourth-order valence-corrected chi connectivity index (χ4v) is 1.93. The van der Waals surface area contributed by atoms with Crippen molar-refractivity contribution in [1.82, 2.24) is 9.97 Å². The lowest BCUT2D eigenvalue weighted by Crippen LogP contribution is -1.87. The van der Waals surface area contributed by atoms with Crippen molar-refractivity contribution in [3.8, 4) is 22.8 Å². The van der Waals surface area contributed by atoms with Crippen molar-refractivity contribution >= 4 is 6.29 Å². The highest BCUT2D eigenvalue weighted by molar-refractivity contribution is 5.83. The Morgan fingerprint density at radius 3 is 2.35 bits per heavy atom. The van der Waals surface area contributed by atoms with E-state index in [9.17, 15) is 4.79 Å². The fraction of sp³-hybridized carbons (Fsp3) is 0. The summed E-state index contributed by atoms with van der Waals surface area (Å²) in [6.45, 7) is 0. The van der Waals surface area contributed by atoms with Crippen molar-refractivity contribution in [2.45, 2.75) is 0 Å². The summed E-state index contributed by atoms with van der Waals surface area (Å²) in [7, 11) is 0. The van der Waals surface area contributed by atoms with Gasteiger partial charge in [0, 0.05) is 5.56 Å². The average Bonchev–Trinajstić information content (AvgIpc) is 2.98. The Balaban J connectivity index is 1.83. The van der Waals surface area contributed by atoms with E-state index < -0.39 is 0 Å². The average molecular weight is 264 g/mol. The largest absolute Gasteiger partial charge is 0.457 e. The third-order valence-corrected chi connectivity index (χ3v) is 2.89. The van der Waals surface area contributed by atoms with Crippen molar-refractivity contribution < 1.29 is 9.53 Å². The highest BCUT2D eigenvalue weighted by atomic mass is 16.5. The number of aromatic amines is 1. The molecule has 0 saturated carbocycles. The van der Waals surface area contributed by atoms with E-state index >= 15 is 0 Å². The van der Waals surface area contributed by atoms with E-state index in [1.165, 1.54) is 6.33 Å². The summed E-state index contributed by atoms with van der Waals surface area (Å²) in [5, 5.41) is 0. The van der Waals surface area contributed by atoms with Gasteiger partial charge in [0.25, 0.3) is 0 Å². The van der Waals surface area contributed by atoms with Crippen molar-refractivity contribution in [3.63, 3.8) is 0 Å². The first kappa shape index (κ1) is 12.2. The number of aldehydes is 1. The summed E-state index contributed by atoms with van der Waals surface area (Å²) in [5.41, 5.74) is 1.99. The van der Waals surface area contributed by atoms with Gasteiger partial charge in [-0.3, -0.25) is 4.79 Å². The van der Waals surface area contributed by atoms with Crippen molar-refractivity contribution in [2.75, 3.05) is 0 Å². The van der Waals surface area contributed by atoms with Crippen LogP contribution in [0, 0.1) is 0 Å². The number of carbonyl (C=O) groups is 1. The topological polar surface area (TPSA) is 55.0 Å². The summed E-state index contributed by atoms with van der Waals surface area (Å²) < 4.78 is 5.71. The molecule has 0 aliphatic rings. The second kappa shape index (κ2) is 5.40. The minimum Gasteiger partial charge on any atom is -0.457 e. The molecule has 1 N–H and O–H groups in total. The number of rotatable bonds is 4. The SMILES string of the molecule is O=Cc1[nH]cnc1-c1ccc(Oc2ccccc2)cc1. The third-order valence-electron chi connectivity index (χ3n) is 2.89. The van der Waals surface area contributed by atoms with Crippen LogP contribution in [0.15, 0.2) is 60.9 Å². The third kappa shape index (κ3) is 2.44. The molecular weight excluding hydrogens is 252 g/mol. The van der Waals surface area contributed by atoms with E-state index in [2.05, 4.69) is 9.97 Å². The van der Waals surface area contributed by atoms with E-state index in [1.54, 1.807) is 0 Å². The Hall–Kier alpha value is -2.88. The highest BCUT2D eigenvalue weighted by Gasteiger charge is 2.07. The molecule has 3 aromatic rings. The number of nitrogens with zero attached hydrogens (tertiary/aromatic N) is 1. The molecule has 98 valence electrons. The molecule has 0 spiro atoms. The standard InChI is InChI=1S/C16H12N2O2/c19-10-15-16(18-11-17-15)12-6-8-14(9-7-12)20-13-4-2-1-3-5-13/h1-11H,(H,17,18). The van der Waals surface area contributed by atoms with Gasteiger partial charge in [-0.05, 0) is 36.4 Å². The lowest BCUT2D eigenvalue weighted by Gasteiger charge is -2.06. The second-order valence-corrected chi connectivity index (χ2v) is 4.22. The monoisotopic (exact) mass is 264 g/mol. The summed E-state index contributed by atoms with van der Waals surface area (Å²) >= 11 is 0. The maximum atomic E-state index is 10.9. The molecule has 20 heavy (non-hydrogen) atoms. The number of benzene rings is 2. The number of carbonyl (C=O) groups excluding carboxylic acids is 1. The minimum atomic E-state index is 0.474. The van der Waals surface area contributed by atoms with E-state index in [0.29, 0.717) is 11.4 Å². The van der Waals surface area contributed by atoms with Gasteiger partial charge < -0.3 is 9.72 Å². The summed E-state index contributed by atoms with van der Waals surface area (Å²) in [6, 6.07) is 17.0. The molecule has 4 heteroatoms.